The molecule has 6 heteroatoms. The van der Waals surface area contributed by atoms with Crippen LogP contribution in [0.5, 0.6) is 11.5 Å². The molecular weight excluding hydrogens is 253 g/mol. The number of rotatable bonds is 4. The number of carbonyl (C=O) groups excluding carboxylic acids is 1. The number of benzene rings is 2. The normalized spacial score (nSPS) is 9.95. The van der Waals surface area contributed by atoms with E-state index in [1.54, 1.807) is 0 Å². The largest absolute Gasteiger partial charge is 0.447 e. The van der Waals surface area contributed by atoms with Crippen LogP contribution in [0.4, 0.5) is 10.1 Å². The lowest BCUT2D eigenvalue weighted by atomic mass is 10.2. The summed E-state index contributed by atoms with van der Waals surface area (Å²) in [5.41, 5.74) is -0.145. The van der Waals surface area contributed by atoms with E-state index in [4.69, 9.17) is 4.74 Å². The Morgan fingerprint density at radius 2 is 1.95 bits per heavy atom. The Hall–Kier alpha value is -2.76. The minimum Gasteiger partial charge on any atom is -0.447 e. The van der Waals surface area contributed by atoms with Crippen molar-refractivity contribution in [2.24, 2.45) is 0 Å². The number of carbonyl (C=O) groups is 1. The Labute approximate surface area is 107 Å². The van der Waals surface area contributed by atoms with Gasteiger partial charge in [-0.3, -0.25) is 14.9 Å². The average molecular weight is 261 g/mol. The van der Waals surface area contributed by atoms with Crippen LogP contribution in [0.2, 0.25) is 0 Å². The van der Waals surface area contributed by atoms with E-state index in [-0.39, 0.29) is 5.75 Å². The van der Waals surface area contributed by atoms with Gasteiger partial charge in [0.2, 0.25) is 5.75 Å². The van der Waals surface area contributed by atoms with Crippen molar-refractivity contribution in [2.75, 3.05) is 0 Å². The van der Waals surface area contributed by atoms with E-state index in [0.717, 1.165) is 12.1 Å². The fraction of sp³-hybridized carbons (Fsp3) is 0. The molecule has 19 heavy (non-hydrogen) atoms. The Morgan fingerprint density at radius 3 is 2.63 bits per heavy atom. The maximum Gasteiger partial charge on any atom is 0.314 e. The van der Waals surface area contributed by atoms with Gasteiger partial charge in [-0.2, -0.15) is 0 Å². The third kappa shape index (κ3) is 2.74. The smallest absolute Gasteiger partial charge is 0.314 e. The quantitative estimate of drug-likeness (QED) is 0.480. The Morgan fingerprint density at radius 1 is 1.21 bits per heavy atom. The Kier molecular flexibility index (Phi) is 3.51. The van der Waals surface area contributed by atoms with Gasteiger partial charge in [0.25, 0.3) is 0 Å². The number of halogens is 1. The third-order valence-corrected chi connectivity index (χ3v) is 2.36. The van der Waals surface area contributed by atoms with Crippen LogP contribution in [0.1, 0.15) is 10.4 Å². The molecule has 96 valence electrons. The summed E-state index contributed by atoms with van der Waals surface area (Å²) in [6.45, 7) is 0. The number of nitrogens with zero attached hydrogens (tertiary/aromatic N) is 1. The predicted octanol–water partition coefficient (Wildman–Crippen LogP) is 3.34. The fourth-order valence-corrected chi connectivity index (χ4v) is 1.51. The zero-order valence-corrected chi connectivity index (χ0v) is 9.58. The van der Waals surface area contributed by atoms with Gasteiger partial charge in [-0.05, 0) is 18.2 Å². The summed E-state index contributed by atoms with van der Waals surface area (Å²) in [6, 6.07) is 9.34. The Bertz CT molecular complexity index is 642. The lowest BCUT2D eigenvalue weighted by molar-refractivity contribution is -0.385. The van der Waals surface area contributed by atoms with Gasteiger partial charge < -0.3 is 4.74 Å². The summed E-state index contributed by atoms with van der Waals surface area (Å²) < 4.78 is 18.7. The van der Waals surface area contributed by atoms with E-state index in [9.17, 15) is 19.3 Å². The zero-order chi connectivity index (χ0) is 13.8. The molecular formula is C13H8FNO4. The summed E-state index contributed by atoms with van der Waals surface area (Å²) in [5, 5.41) is 10.8. The minimum atomic E-state index is -0.842. The molecule has 0 bridgehead atoms. The molecule has 2 aromatic carbocycles. The summed E-state index contributed by atoms with van der Waals surface area (Å²) in [6.07, 6.45) is 0.600. The molecule has 0 saturated heterocycles. The van der Waals surface area contributed by atoms with E-state index in [2.05, 4.69) is 0 Å². The molecule has 2 aromatic rings. The lowest BCUT2D eigenvalue weighted by Gasteiger charge is -2.07. The lowest BCUT2D eigenvalue weighted by Crippen LogP contribution is -1.96. The maximum absolute atomic E-state index is 13.6. The SMILES string of the molecule is O=Cc1cccc(Oc2c(F)cccc2[N+](=O)[O-])c1. The second kappa shape index (κ2) is 5.26. The highest BCUT2D eigenvalue weighted by Gasteiger charge is 2.20. The van der Waals surface area contributed by atoms with Gasteiger partial charge >= 0.3 is 5.69 Å². The molecule has 0 spiro atoms. The van der Waals surface area contributed by atoms with Crippen molar-refractivity contribution in [2.45, 2.75) is 0 Å². The number of aldehydes is 1. The summed E-state index contributed by atoms with van der Waals surface area (Å²) in [5.74, 6) is -1.17. The minimum absolute atomic E-state index is 0.151. The van der Waals surface area contributed by atoms with Gasteiger partial charge in [0, 0.05) is 11.6 Å². The van der Waals surface area contributed by atoms with Gasteiger partial charge in [-0.1, -0.05) is 18.2 Å². The van der Waals surface area contributed by atoms with Crippen LogP contribution >= 0.6 is 0 Å². The molecule has 0 fully saturated rings. The second-order valence-electron chi connectivity index (χ2n) is 3.64. The number of hydrogen-bond acceptors (Lipinski definition) is 4. The molecule has 0 saturated carbocycles. The van der Waals surface area contributed by atoms with E-state index in [1.165, 1.54) is 30.3 Å². The first kappa shape index (κ1) is 12.7. The van der Waals surface area contributed by atoms with Crippen LogP contribution in [-0.4, -0.2) is 11.2 Å². The average Bonchev–Trinajstić information content (AvgIpc) is 2.41. The molecule has 0 atom stereocenters. The van der Waals surface area contributed by atoms with Crippen LogP contribution < -0.4 is 4.74 Å². The molecule has 0 heterocycles. The Balaban J connectivity index is 2.42. The first-order chi connectivity index (χ1) is 9.11. The summed E-state index contributed by atoms with van der Waals surface area (Å²) in [4.78, 5) is 20.7. The molecule has 0 radical (unpaired) electrons. The molecule has 0 unspecified atom stereocenters. The molecule has 0 aromatic heterocycles. The second-order valence-corrected chi connectivity index (χ2v) is 3.64. The monoisotopic (exact) mass is 261 g/mol. The van der Waals surface area contributed by atoms with E-state index >= 15 is 0 Å². The predicted molar refractivity (Wildman–Crippen MR) is 65.0 cm³/mol. The van der Waals surface area contributed by atoms with E-state index in [0.29, 0.717) is 11.8 Å². The van der Waals surface area contributed by atoms with Crippen molar-refractivity contribution >= 4 is 12.0 Å². The highest BCUT2D eigenvalue weighted by molar-refractivity contribution is 5.75. The molecule has 2 rings (SSSR count). The van der Waals surface area contributed by atoms with Crippen molar-refractivity contribution in [3.8, 4) is 11.5 Å². The van der Waals surface area contributed by atoms with Crippen LogP contribution in [0.25, 0.3) is 0 Å². The molecule has 0 aliphatic rings. The number of para-hydroxylation sites is 1. The number of ether oxygens (including phenoxy) is 1. The van der Waals surface area contributed by atoms with Gasteiger partial charge in [-0.15, -0.1) is 0 Å². The van der Waals surface area contributed by atoms with Crippen molar-refractivity contribution in [1.29, 1.82) is 0 Å². The first-order valence-corrected chi connectivity index (χ1v) is 5.28. The van der Waals surface area contributed by atoms with E-state index < -0.39 is 22.2 Å². The van der Waals surface area contributed by atoms with Gasteiger partial charge in [0.15, 0.2) is 5.82 Å². The van der Waals surface area contributed by atoms with Gasteiger partial charge in [0.05, 0.1) is 4.92 Å². The first-order valence-electron chi connectivity index (χ1n) is 5.28. The van der Waals surface area contributed by atoms with Crippen LogP contribution in [0, 0.1) is 15.9 Å². The molecule has 0 N–H and O–H groups in total. The van der Waals surface area contributed by atoms with Crippen molar-refractivity contribution in [1.82, 2.24) is 0 Å². The molecule has 0 aliphatic carbocycles. The zero-order valence-electron chi connectivity index (χ0n) is 9.58. The highest BCUT2D eigenvalue weighted by Crippen LogP contribution is 2.33. The van der Waals surface area contributed by atoms with Gasteiger partial charge in [-0.25, -0.2) is 4.39 Å². The highest BCUT2D eigenvalue weighted by atomic mass is 19.1. The van der Waals surface area contributed by atoms with E-state index in [1.807, 2.05) is 0 Å². The summed E-state index contributed by atoms with van der Waals surface area (Å²) in [7, 11) is 0. The van der Waals surface area contributed by atoms with Crippen LogP contribution in [0.3, 0.4) is 0 Å². The topological polar surface area (TPSA) is 69.4 Å². The molecule has 0 aliphatic heterocycles. The summed E-state index contributed by atoms with van der Waals surface area (Å²) >= 11 is 0. The number of nitro groups is 1. The number of nitro benzene ring substituents is 1. The third-order valence-electron chi connectivity index (χ3n) is 2.36. The fourth-order valence-electron chi connectivity index (χ4n) is 1.51. The maximum atomic E-state index is 13.6. The van der Waals surface area contributed by atoms with Crippen molar-refractivity contribution in [3.63, 3.8) is 0 Å². The van der Waals surface area contributed by atoms with Crippen molar-refractivity contribution in [3.05, 3.63) is 64.0 Å². The standard InChI is InChI=1S/C13H8FNO4/c14-11-5-2-6-12(15(17)18)13(11)19-10-4-1-3-9(7-10)8-16/h1-8H. The number of hydrogen-bond donors (Lipinski definition) is 0. The van der Waals surface area contributed by atoms with Crippen molar-refractivity contribution < 1.29 is 18.8 Å². The molecule has 0 amide bonds. The van der Waals surface area contributed by atoms with Gasteiger partial charge in [0.1, 0.15) is 12.0 Å². The molecule has 5 nitrogen and oxygen atoms in total. The van der Waals surface area contributed by atoms with Crippen LogP contribution in [0.15, 0.2) is 42.5 Å². The van der Waals surface area contributed by atoms with Crippen LogP contribution in [-0.2, 0) is 0 Å².